The Morgan fingerprint density at radius 2 is 2.12 bits per heavy atom. The number of nitrogens with zero attached hydrogens (tertiary/aromatic N) is 1. The van der Waals surface area contributed by atoms with Crippen LogP contribution in [0.1, 0.15) is 13.3 Å². The van der Waals surface area contributed by atoms with Crippen molar-refractivity contribution in [3.63, 3.8) is 0 Å². The molecular weight excluding hydrogens is 262 g/mol. The van der Waals surface area contributed by atoms with Gasteiger partial charge in [0.05, 0.1) is 5.88 Å². The van der Waals surface area contributed by atoms with Crippen molar-refractivity contribution in [2.45, 2.75) is 19.4 Å². The van der Waals surface area contributed by atoms with Gasteiger partial charge in [0.2, 0.25) is 11.8 Å². The van der Waals surface area contributed by atoms with Crippen molar-refractivity contribution >= 4 is 36.0 Å². The minimum Gasteiger partial charge on any atom is -0.353 e. The molecule has 0 aromatic heterocycles. The number of nitrogens with one attached hydrogen (secondary N) is 2. The SMILES string of the molecule is CCC(=O)N1CSCC1C(=O)NCCNC.Cl. The summed E-state index contributed by atoms with van der Waals surface area (Å²) in [6, 6.07) is -0.283. The van der Waals surface area contributed by atoms with Gasteiger partial charge in [0.25, 0.3) is 0 Å². The number of carbonyl (C=O) groups is 2. The first-order chi connectivity index (χ1) is 7.70. The zero-order valence-electron chi connectivity index (χ0n) is 10.2. The summed E-state index contributed by atoms with van der Waals surface area (Å²) in [5.41, 5.74) is 0. The second-order valence-corrected chi connectivity index (χ2v) is 4.63. The lowest BCUT2D eigenvalue weighted by Gasteiger charge is -2.22. The molecule has 0 aliphatic carbocycles. The predicted molar refractivity (Wildman–Crippen MR) is 72.4 cm³/mol. The van der Waals surface area contributed by atoms with Gasteiger partial charge < -0.3 is 15.5 Å². The van der Waals surface area contributed by atoms with Gasteiger partial charge in [0.1, 0.15) is 6.04 Å². The van der Waals surface area contributed by atoms with Crippen LogP contribution in [0.5, 0.6) is 0 Å². The molecule has 100 valence electrons. The predicted octanol–water partition coefficient (Wildman–Crippen LogP) is 0.0553. The van der Waals surface area contributed by atoms with E-state index < -0.39 is 0 Å². The number of thioether (sulfide) groups is 1. The number of halogens is 1. The first-order valence-electron chi connectivity index (χ1n) is 5.50. The van der Waals surface area contributed by atoms with Crippen molar-refractivity contribution in [3.8, 4) is 0 Å². The molecule has 1 saturated heterocycles. The van der Waals surface area contributed by atoms with Crippen molar-refractivity contribution in [3.05, 3.63) is 0 Å². The fraction of sp³-hybridized carbons (Fsp3) is 0.800. The van der Waals surface area contributed by atoms with E-state index in [1.54, 1.807) is 16.7 Å². The van der Waals surface area contributed by atoms with Gasteiger partial charge in [-0.3, -0.25) is 9.59 Å². The van der Waals surface area contributed by atoms with Crippen LogP contribution in [-0.4, -0.2) is 54.5 Å². The van der Waals surface area contributed by atoms with Crippen molar-refractivity contribution in [2.75, 3.05) is 31.8 Å². The topological polar surface area (TPSA) is 61.4 Å². The van der Waals surface area contributed by atoms with Gasteiger partial charge in [-0.1, -0.05) is 6.92 Å². The molecule has 0 saturated carbocycles. The monoisotopic (exact) mass is 281 g/mol. The van der Waals surface area contributed by atoms with Gasteiger partial charge in [-0.2, -0.15) is 0 Å². The first-order valence-corrected chi connectivity index (χ1v) is 6.65. The standard InChI is InChI=1S/C10H19N3O2S.ClH/c1-3-9(14)13-7-16-6-8(13)10(15)12-5-4-11-2;/h8,11H,3-7H2,1-2H3,(H,12,15);1H. The van der Waals surface area contributed by atoms with Crippen LogP contribution in [0.15, 0.2) is 0 Å². The van der Waals surface area contributed by atoms with Gasteiger partial charge in [-0.05, 0) is 7.05 Å². The van der Waals surface area contributed by atoms with Gasteiger partial charge in [0, 0.05) is 25.3 Å². The zero-order chi connectivity index (χ0) is 12.0. The van der Waals surface area contributed by atoms with E-state index in [1.165, 1.54) is 0 Å². The summed E-state index contributed by atoms with van der Waals surface area (Å²) < 4.78 is 0. The minimum atomic E-state index is -0.283. The van der Waals surface area contributed by atoms with Crippen molar-refractivity contribution in [1.82, 2.24) is 15.5 Å². The lowest BCUT2D eigenvalue weighted by Crippen LogP contribution is -2.48. The van der Waals surface area contributed by atoms with Crippen LogP contribution in [0.2, 0.25) is 0 Å². The summed E-state index contributed by atoms with van der Waals surface area (Å²) in [6.07, 6.45) is 0.459. The van der Waals surface area contributed by atoms with E-state index in [2.05, 4.69) is 10.6 Å². The third-order valence-electron chi connectivity index (χ3n) is 2.48. The highest BCUT2D eigenvalue weighted by Gasteiger charge is 2.33. The lowest BCUT2D eigenvalue weighted by molar-refractivity contribution is -0.137. The number of amides is 2. The molecule has 2 amide bonds. The maximum atomic E-state index is 11.8. The molecule has 1 aliphatic rings. The fourth-order valence-corrected chi connectivity index (χ4v) is 2.72. The maximum Gasteiger partial charge on any atom is 0.243 e. The Hall–Kier alpha value is -0.460. The molecule has 1 atom stereocenters. The van der Waals surface area contributed by atoms with Crippen LogP contribution >= 0.6 is 24.2 Å². The minimum absolute atomic E-state index is 0. The number of likely N-dealkylation sites (N-methyl/N-ethyl adjacent to an activating group) is 1. The molecule has 1 aliphatic heterocycles. The van der Waals surface area contributed by atoms with E-state index in [4.69, 9.17) is 0 Å². The van der Waals surface area contributed by atoms with Gasteiger partial charge in [0.15, 0.2) is 0 Å². The molecule has 0 spiro atoms. The van der Waals surface area contributed by atoms with Gasteiger partial charge >= 0.3 is 0 Å². The Bertz CT molecular complexity index is 266. The first kappa shape index (κ1) is 16.5. The Labute approximate surface area is 112 Å². The molecule has 17 heavy (non-hydrogen) atoms. The number of rotatable bonds is 5. The lowest BCUT2D eigenvalue weighted by atomic mass is 10.2. The number of hydrogen-bond donors (Lipinski definition) is 2. The highest BCUT2D eigenvalue weighted by molar-refractivity contribution is 7.99. The van der Waals surface area contributed by atoms with Crippen LogP contribution < -0.4 is 10.6 Å². The normalized spacial score (nSPS) is 18.7. The molecule has 5 nitrogen and oxygen atoms in total. The molecule has 1 unspecified atom stereocenters. The molecule has 1 fully saturated rings. The quantitative estimate of drug-likeness (QED) is 0.700. The summed E-state index contributed by atoms with van der Waals surface area (Å²) >= 11 is 1.63. The number of carbonyl (C=O) groups excluding carboxylic acids is 2. The molecule has 1 heterocycles. The van der Waals surface area contributed by atoms with Crippen LogP contribution in [0.25, 0.3) is 0 Å². The molecule has 0 aromatic rings. The highest BCUT2D eigenvalue weighted by atomic mass is 35.5. The Morgan fingerprint density at radius 1 is 1.41 bits per heavy atom. The van der Waals surface area contributed by atoms with Gasteiger partial charge in [-0.15, -0.1) is 24.2 Å². The molecule has 0 aromatic carbocycles. The molecule has 0 bridgehead atoms. The fourth-order valence-electron chi connectivity index (χ4n) is 1.54. The Morgan fingerprint density at radius 3 is 2.71 bits per heavy atom. The summed E-state index contributed by atoms with van der Waals surface area (Å²) in [5.74, 6) is 1.36. The highest BCUT2D eigenvalue weighted by Crippen LogP contribution is 2.21. The molecule has 1 rings (SSSR count). The maximum absolute atomic E-state index is 11.8. The van der Waals surface area contributed by atoms with E-state index in [0.29, 0.717) is 24.6 Å². The average molecular weight is 282 g/mol. The van der Waals surface area contributed by atoms with E-state index in [9.17, 15) is 9.59 Å². The third-order valence-corrected chi connectivity index (χ3v) is 3.49. The van der Waals surface area contributed by atoms with Crippen molar-refractivity contribution in [2.24, 2.45) is 0 Å². The second kappa shape index (κ2) is 8.60. The Balaban J connectivity index is 0.00000256. The smallest absolute Gasteiger partial charge is 0.243 e. The van der Waals surface area contributed by atoms with Crippen LogP contribution in [0, 0.1) is 0 Å². The summed E-state index contributed by atoms with van der Waals surface area (Å²) in [4.78, 5) is 25.1. The largest absolute Gasteiger partial charge is 0.353 e. The van der Waals surface area contributed by atoms with E-state index in [1.807, 2.05) is 14.0 Å². The summed E-state index contributed by atoms with van der Waals surface area (Å²) in [5, 5.41) is 5.78. The van der Waals surface area contributed by atoms with Crippen molar-refractivity contribution in [1.29, 1.82) is 0 Å². The van der Waals surface area contributed by atoms with E-state index in [0.717, 1.165) is 6.54 Å². The van der Waals surface area contributed by atoms with E-state index in [-0.39, 0.29) is 30.3 Å². The van der Waals surface area contributed by atoms with Gasteiger partial charge in [-0.25, -0.2) is 0 Å². The molecular formula is C10H20ClN3O2S. The summed E-state index contributed by atoms with van der Waals surface area (Å²) in [6.45, 7) is 3.17. The molecule has 7 heteroatoms. The van der Waals surface area contributed by atoms with Crippen molar-refractivity contribution < 1.29 is 9.59 Å². The molecule has 2 N–H and O–H groups in total. The van der Waals surface area contributed by atoms with Crippen LogP contribution in [-0.2, 0) is 9.59 Å². The second-order valence-electron chi connectivity index (χ2n) is 3.63. The zero-order valence-corrected chi connectivity index (χ0v) is 11.8. The average Bonchev–Trinajstić information content (AvgIpc) is 2.77. The Kier molecular flexibility index (Phi) is 8.37. The summed E-state index contributed by atoms with van der Waals surface area (Å²) in [7, 11) is 1.84. The van der Waals surface area contributed by atoms with Crippen LogP contribution in [0.3, 0.4) is 0 Å². The third kappa shape index (κ3) is 4.73. The molecule has 0 radical (unpaired) electrons. The van der Waals surface area contributed by atoms with E-state index >= 15 is 0 Å². The number of hydrogen-bond acceptors (Lipinski definition) is 4. The van der Waals surface area contributed by atoms with Crippen LogP contribution in [0.4, 0.5) is 0 Å².